The van der Waals surface area contributed by atoms with Crippen molar-refractivity contribution in [2.45, 2.75) is 52.6 Å². The van der Waals surface area contributed by atoms with E-state index >= 15 is 0 Å². The molecule has 0 aromatic heterocycles. The van der Waals surface area contributed by atoms with Crippen LogP contribution in [0.5, 0.6) is 0 Å². The van der Waals surface area contributed by atoms with Gasteiger partial charge in [0.25, 0.3) is 0 Å². The van der Waals surface area contributed by atoms with Crippen LogP contribution in [-0.4, -0.2) is 37.1 Å². The van der Waals surface area contributed by atoms with Crippen LogP contribution in [0, 0.1) is 11.8 Å². The van der Waals surface area contributed by atoms with Gasteiger partial charge >= 0.3 is 0 Å². The Labute approximate surface area is 109 Å². The zero-order valence-corrected chi connectivity index (χ0v) is 11.8. The van der Waals surface area contributed by atoms with Crippen LogP contribution in [0.4, 0.5) is 0 Å². The highest BCUT2D eigenvalue weighted by Gasteiger charge is 2.24. The molecule has 4 heteroatoms. The molecule has 4 nitrogen and oxygen atoms in total. The van der Waals surface area contributed by atoms with E-state index in [2.05, 4.69) is 37.7 Å². The van der Waals surface area contributed by atoms with E-state index in [1.165, 1.54) is 0 Å². The van der Waals surface area contributed by atoms with Gasteiger partial charge in [-0.3, -0.25) is 0 Å². The van der Waals surface area contributed by atoms with Crippen LogP contribution in [0.2, 0.25) is 0 Å². The van der Waals surface area contributed by atoms with Gasteiger partial charge in [-0.15, -0.1) is 0 Å². The lowest BCUT2D eigenvalue weighted by atomic mass is 10.1. The lowest BCUT2D eigenvalue weighted by molar-refractivity contribution is 0.279. The van der Waals surface area contributed by atoms with Crippen molar-refractivity contribution in [2.24, 2.45) is 21.8 Å². The van der Waals surface area contributed by atoms with Crippen LogP contribution in [0.25, 0.3) is 0 Å². The Morgan fingerprint density at radius 3 is 1.56 bits per heavy atom. The Morgan fingerprint density at radius 1 is 0.889 bits per heavy atom. The standard InChI is InChI=1S/C14H24N2O2/c1-9(2)11-7-17-13(15-11)5-6-14-16-12(8-18-14)10(3)4/h9-12H,5-8H2,1-4H3. The van der Waals surface area contributed by atoms with Crippen LogP contribution >= 0.6 is 0 Å². The Hall–Kier alpha value is -1.06. The maximum Gasteiger partial charge on any atom is 0.184 e. The smallest absolute Gasteiger partial charge is 0.184 e. The van der Waals surface area contributed by atoms with Crippen LogP contribution in [0.1, 0.15) is 40.5 Å². The average Bonchev–Trinajstić information content (AvgIpc) is 2.95. The third kappa shape index (κ3) is 3.24. The topological polar surface area (TPSA) is 43.2 Å². The van der Waals surface area contributed by atoms with Crippen molar-refractivity contribution in [3.05, 3.63) is 0 Å². The molecule has 2 rings (SSSR count). The van der Waals surface area contributed by atoms with Crippen molar-refractivity contribution < 1.29 is 9.47 Å². The molecule has 102 valence electrons. The highest BCUT2D eigenvalue weighted by Crippen LogP contribution is 2.19. The maximum atomic E-state index is 5.60. The van der Waals surface area contributed by atoms with E-state index in [0.717, 1.165) is 37.9 Å². The van der Waals surface area contributed by atoms with Crippen LogP contribution < -0.4 is 0 Å². The highest BCUT2D eigenvalue weighted by atomic mass is 16.5. The van der Waals surface area contributed by atoms with Gasteiger partial charge in [0.1, 0.15) is 13.2 Å². The van der Waals surface area contributed by atoms with Crippen LogP contribution in [-0.2, 0) is 9.47 Å². The van der Waals surface area contributed by atoms with E-state index in [1.54, 1.807) is 0 Å². The summed E-state index contributed by atoms with van der Waals surface area (Å²) in [7, 11) is 0. The molecule has 0 aliphatic carbocycles. The molecule has 0 spiro atoms. The van der Waals surface area contributed by atoms with Crippen LogP contribution in [0.15, 0.2) is 9.98 Å². The summed E-state index contributed by atoms with van der Waals surface area (Å²) in [5.41, 5.74) is 0. The largest absolute Gasteiger partial charge is 0.479 e. The average molecular weight is 252 g/mol. The number of hydrogen-bond acceptors (Lipinski definition) is 4. The Morgan fingerprint density at radius 2 is 1.28 bits per heavy atom. The Balaban J connectivity index is 1.79. The number of rotatable bonds is 5. The minimum atomic E-state index is 0.329. The zero-order valence-electron chi connectivity index (χ0n) is 11.8. The van der Waals surface area contributed by atoms with E-state index in [4.69, 9.17) is 9.47 Å². The molecule has 0 aromatic rings. The van der Waals surface area contributed by atoms with E-state index in [0.29, 0.717) is 23.9 Å². The Kier molecular flexibility index (Phi) is 4.25. The second-order valence-corrected chi connectivity index (χ2v) is 5.79. The number of aliphatic imine (C=N–C) groups is 2. The predicted octanol–water partition coefficient (Wildman–Crippen LogP) is 2.67. The predicted molar refractivity (Wildman–Crippen MR) is 73.3 cm³/mol. The molecule has 2 aliphatic heterocycles. The molecule has 18 heavy (non-hydrogen) atoms. The normalized spacial score (nSPS) is 27.2. The Bertz CT molecular complexity index is 314. The van der Waals surface area contributed by atoms with Crippen LogP contribution in [0.3, 0.4) is 0 Å². The van der Waals surface area contributed by atoms with Gasteiger partial charge in [0.2, 0.25) is 0 Å². The van der Waals surface area contributed by atoms with E-state index in [1.807, 2.05) is 0 Å². The molecule has 0 fully saturated rings. The summed E-state index contributed by atoms with van der Waals surface area (Å²) in [6, 6.07) is 0.657. The lowest BCUT2D eigenvalue weighted by Crippen LogP contribution is -2.13. The van der Waals surface area contributed by atoms with Crippen molar-refractivity contribution >= 4 is 11.8 Å². The second kappa shape index (κ2) is 5.72. The summed E-state index contributed by atoms with van der Waals surface area (Å²) in [5, 5.41) is 0. The fourth-order valence-corrected chi connectivity index (χ4v) is 2.05. The van der Waals surface area contributed by atoms with Crippen molar-refractivity contribution in [1.82, 2.24) is 0 Å². The zero-order chi connectivity index (χ0) is 13.1. The number of nitrogens with zero attached hydrogens (tertiary/aromatic N) is 2. The summed E-state index contributed by atoms with van der Waals surface area (Å²) < 4.78 is 11.2. The number of ether oxygens (including phenoxy) is 2. The summed E-state index contributed by atoms with van der Waals surface area (Å²) in [6.45, 7) is 10.2. The fourth-order valence-electron chi connectivity index (χ4n) is 2.05. The molecule has 0 amide bonds. The lowest BCUT2D eigenvalue weighted by Gasteiger charge is -2.06. The summed E-state index contributed by atoms with van der Waals surface area (Å²) in [6.07, 6.45) is 1.62. The third-order valence-electron chi connectivity index (χ3n) is 3.55. The molecule has 0 radical (unpaired) electrons. The molecule has 0 N–H and O–H groups in total. The van der Waals surface area contributed by atoms with Gasteiger partial charge in [-0.1, -0.05) is 27.7 Å². The molecule has 2 aliphatic rings. The van der Waals surface area contributed by atoms with Gasteiger partial charge in [0.05, 0.1) is 12.1 Å². The molecule has 2 unspecified atom stereocenters. The van der Waals surface area contributed by atoms with Crippen molar-refractivity contribution in [2.75, 3.05) is 13.2 Å². The van der Waals surface area contributed by atoms with Crippen molar-refractivity contribution in [1.29, 1.82) is 0 Å². The fraction of sp³-hybridized carbons (Fsp3) is 0.857. The highest BCUT2D eigenvalue weighted by molar-refractivity contribution is 5.85. The first-order valence-corrected chi connectivity index (χ1v) is 6.95. The molecule has 2 heterocycles. The molecule has 0 saturated heterocycles. The first kappa shape index (κ1) is 13.4. The van der Waals surface area contributed by atoms with Crippen molar-refractivity contribution in [3.63, 3.8) is 0 Å². The number of hydrogen-bond donors (Lipinski definition) is 0. The molecule has 0 aromatic carbocycles. The van der Waals surface area contributed by atoms with Crippen molar-refractivity contribution in [3.8, 4) is 0 Å². The van der Waals surface area contributed by atoms with Gasteiger partial charge in [0, 0.05) is 12.8 Å². The molecule has 0 saturated carbocycles. The van der Waals surface area contributed by atoms with Gasteiger partial charge in [0.15, 0.2) is 11.8 Å². The van der Waals surface area contributed by atoms with Gasteiger partial charge in [-0.25, -0.2) is 9.98 Å². The van der Waals surface area contributed by atoms with E-state index < -0.39 is 0 Å². The first-order chi connectivity index (χ1) is 8.56. The molecular weight excluding hydrogens is 228 g/mol. The monoisotopic (exact) mass is 252 g/mol. The summed E-state index contributed by atoms with van der Waals surface area (Å²) >= 11 is 0. The van der Waals surface area contributed by atoms with E-state index in [9.17, 15) is 0 Å². The van der Waals surface area contributed by atoms with Gasteiger partial charge in [-0.05, 0) is 11.8 Å². The minimum Gasteiger partial charge on any atom is -0.479 e. The third-order valence-corrected chi connectivity index (χ3v) is 3.55. The second-order valence-electron chi connectivity index (χ2n) is 5.79. The maximum absolute atomic E-state index is 5.60. The van der Waals surface area contributed by atoms with Gasteiger partial charge < -0.3 is 9.47 Å². The minimum absolute atomic E-state index is 0.329. The van der Waals surface area contributed by atoms with Gasteiger partial charge in [-0.2, -0.15) is 0 Å². The van der Waals surface area contributed by atoms with E-state index in [-0.39, 0.29) is 0 Å². The first-order valence-electron chi connectivity index (χ1n) is 6.95. The molecule has 2 atom stereocenters. The summed E-state index contributed by atoms with van der Waals surface area (Å²) in [5.74, 6) is 2.83. The summed E-state index contributed by atoms with van der Waals surface area (Å²) in [4.78, 5) is 9.17. The molecule has 0 bridgehead atoms. The molecular formula is C14H24N2O2. The quantitative estimate of drug-likeness (QED) is 0.755. The SMILES string of the molecule is CC(C)C1COC(CCC2=NC(C(C)C)CO2)=N1.